The molecule has 0 aliphatic heterocycles. The molecule has 1 rings (SSSR count). The number of likely N-dealkylation sites (N-methyl/N-ethyl adjacent to an activating group) is 3. The van der Waals surface area contributed by atoms with E-state index in [1.54, 1.807) is 0 Å². The Bertz CT molecular complexity index is 383. The molecular formula is C16H28ClN3. The summed E-state index contributed by atoms with van der Waals surface area (Å²) in [5, 5.41) is 4.26. The van der Waals surface area contributed by atoms with Gasteiger partial charge in [-0.2, -0.15) is 0 Å². The van der Waals surface area contributed by atoms with Gasteiger partial charge in [-0.3, -0.25) is 0 Å². The Kier molecular flexibility index (Phi) is 7.97. The average Bonchev–Trinajstić information content (AvgIpc) is 2.58. The summed E-state index contributed by atoms with van der Waals surface area (Å²) in [6.45, 7) is 9.33. The van der Waals surface area contributed by atoms with E-state index in [1.807, 2.05) is 6.08 Å². The van der Waals surface area contributed by atoms with E-state index in [0.717, 1.165) is 44.2 Å². The van der Waals surface area contributed by atoms with E-state index in [1.165, 1.54) is 11.3 Å². The van der Waals surface area contributed by atoms with E-state index in [-0.39, 0.29) is 0 Å². The molecule has 0 spiro atoms. The maximum Gasteiger partial charge on any atom is 0.0414 e. The monoisotopic (exact) mass is 297 g/mol. The van der Waals surface area contributed by atoms with E-state index in [4.69, 9.17) is 11.6 Å². The molecule has 0 radical (unpaired) electrons. The van der Waals surface area contributed by atoms with E-state index in [2.05, 4.69) is 55.2 Å². The Morgan fingerprint density at radius 1 is 1.25 bits per heavy atom. The summed E-state index contributed by atoms with van der Waals surface area (Å²) in [6, 6.07) is 0. The van der Waals surface area contributed by atoms with Gasteiger partial charge in [0, 0.05) is 36.9 Å². The van der Waals surface area contributed by atoms with E-state index < -0.39 is 0 Å². The second-order valence-corrected chi connectivity index (χ2v) is 5.70. The van der Waals surface area contributed by atoms with Crippen LogP contribution in [0.1, 0.15) is 20.3 Å². The van der Waals surface area contributed by atoms with Crippen molar-refractivity contribution in [2.24, 2.45) is 0 Å². The van der Waals surface area contributed by atoms with Crippen LogP contribution in [0, 0.1) is 0 Å². The minimum Gasteiger partial charge on any atom is -0.371 e. The van der Waals surface area contributed by atoms with Gasteiger partial charge in [0.05, 0.1) is 0 Å². The first-order valence-corrected chi connectivity index (χ1v) is 7.82. The van der Waals surface area contributed by atoms with Gasteiger partial charge >= 0.3 is 0 Å². The molecule has 0 unspecified atom stereocenters. The van der Waals surface area contributed by atoms with Crippen LogP contribution < -0.4 is 5.32 Å². The lowest BCUT2D eigenvalue weighted by atomic mass is 10.1. The van der Waals surface area contributed by atoms with Crippen LogP contribution in [0.3, 0.4) is 0 Å². The lowest BCUT2D eigenvalue weighted by Gasteiger charge is -2.24. The van der Waals surface area contributed by atoms with Gasteiger partial charge < -0.3 is 15.1 Å². The second kappa shape index (κ2) is 9.22. The zero-order valence-corrected chi connectivity index (χ0v) is 14.0. The Morgan fingerprint density at radius 2 is 2.00 bits per heavy atom. The number of nitrogens with zero attached hydrogens (tertiary/aromatic N) is 2. The van der Waals surface area contributed by atoms with Crippen LogP contribution in [0.5, 0.6) is 0 Å². The van der Waals surface area contributed by atoms with Crippen LogP contribution in [0.4, 0.5) is 0 Å². The molecular weight excluding hydrogens is 270 g/mol. The van der Waals surface area contributed by atoms with Crippen molar-refractivity contribution >= 4 is 11.6 Å². The van der Waals surface area contributed by atoms with Gasteiger partial charge in [0.25, 0.3) is 0 Å². The molecule has 3 nitrogen and oxygen atoms in total. The molecule has 0 aromatic heterocycles. The molecule has 0 amide bonds. The molecule has 0 aromatic carbocycles. The molecule has 1 N–H and O–H groups in total. The van der Waals surface area contributed by atoms with Crippen molar-refractivity contribution in [3.63, 3.8) is 0 Å². The Labute approximate surface area is 129 Å². The largest absolute Gasteiger partial charge is 0.371 e. The highest BCUT2D eigenvalue weighted by Gasteiger charge is 2.10. The summed E-state index contributed by atoms with van der Waals surface area (Å²) in [5.41, 5.74) is 2.56. The number of halogens is 1. The molecule has 0 heterocycles. The van der Waals surface area contributed by atoms with E-state index >= 15 is 0 Å². The van der Waals surface area contributed by atoms with Crippen LogP contribution in [0.25, 0.3) is 0 Å². The average molecular weight is 298 g/mol. The smallest absolute Gasteiger partial charge is 0.0414 e. The van der Waals surface area contributed by atoms with Crippen molar-refractivity contribution in [3.8, 4) is 0 Å². The first kappa shape index (κ1) is 17.3. The molecule has 0 atom stereocenters. The molecule has 0 saturated carbocycles. The van der Waals surface area contributed by atoms with Crippen molar-refractivity contribution in [1.82, 2.24) is 15.1 Å². The molecule has 1 aliphatic rings. The number of hydrogen-bond acceptors (Lipinski definition) is 3. The topological polar surface area (TPSA) is 18.5 Å². The summed E-state index contributed by atoms with van der Waals surface area (Å²) < 4.78 is 0. The summed E-state index contributed by atoms with van der Waals surface area (Å²) >= 11 is 6.37. The third kappa shape index (κ3) is 5.70. The molecule has 4 heteroatoms. The van der Waals surface area contributed by atoms with Gasteiger partial charge in [0.2, 0.25) is 0 Å². The number of hydrogen-bond donors (Lipinski definition) is 1. The zero-order chi connectivity index (χ0) is 15.0. The lowest BCUT2D eigenvalue weighted by Crippen LogP contribution is -2.31. The van der Waals surface area contributed by atoms with Crippen LogP contribution in [-0.2, 0) is 0 Å². The predicted molar refractivity (Wildman–Crippen MR) is 89.1 cm³/mol. The Morgan fingerprint density at radius 3 is 2.60 bits per heavy atom. The standard InChI is InChI=1S/C16H28ClN3/c1-5-18-11-12-20(6-2)15-8-7-14(13-19(3)4)16(17)10-9-15/h8-10,18H,5-7,11-13H2,1-4H3. The van der Waals surface area contributed by atoms with Crippen LogP contribution in [-0.4, -0.2) is 56.6 Å². The maximum atomic E-state index is 6.37. The lowest BCUT2D eigenvalue weighted by molar-refractivity contribution is 0.368. The molecule has 0 aromatic rings. The molecule has 114 valence electrons. The minimum atomic E-state index is 0.882. The summed E-state index contributed by atoms with van der Waals surface area (Å²) in [5.74, 6) is 0. The first-order valence-electron chi connectivity index (χ1n) is 7.44. The molecule has 1 aliphatic carbocycles. The fourth-order valence-electron chi connectivity index (χ4n) is 2.29. The quantitative estimate of drug-likeness (QED) is 0.695. The van der Waals surface area contributed by atoms with Crippen LogP contribution >= 0.6 is 11.6 Å². The van der Waals surface area contributed by atoms with E-state index in [0.29, 0.717) is 0 Å². The Balaban J connectivity index is 2.69. The highest BCUT2D eigenvalue weighted by atomic mass is 35.5. The van der Waals surface area contributed by atoms with Gasteiger partial charge in [-0.1, -0.05) is 24.6 Å². The second-order valence-electron chi connectivity index (χ2n) is 5.29. The van der Waals surface area contributed by atoms with Crippen molar-refractivity contribution in [2.45, 2.75) is 20.3 Å². The SMILES string of the molecule is CCNCCN(CC)C1=CCC(CN(C)C)=C(Cl)C=C1. The summed E-state index contributed by atoms with van der Waals surface area (Å²) in [6.07, 6.45) is 7.40. The van der Waals surface area contributed by atoms with Crippen molar-refractivity contribution in [3.05, 3.63) is 34.5 Å². The fourth-order valence-corrected chi connectivity index (χ4v) is 2.49. The van der Waals surface area contributed by atoms with Gasteiger partial charge in [-0.25, -0.2) is 0 Å². The van der Waals surface area contributed by atoms with Gasteiger partial charge in [0.15, 0.2) is 0 Å². The maximum absolute atomic E-state index is 6.37. The third-order valence-electron chi connectivity index (χ3n) is 3.36. The van der Waals surface area contributed by atoms with Gasteiger partial charge in [-0.15, -0.1) is 0 Å². The summed E-state index contributed by atoms with van der Waals surface area (Å²) in [7, 11) is 4.15. The highest BCUT2D eigenvalue weighted by molar-refractivity contribution is 6.31. The zero-order valence-electron chi connectivity index (χ0n) is 13.2. The fraction of sp³-hybridized carbons (Fsp3) is 0.625. The predicted octanol–water partition coefficient (Wildman–Crippen LogP) is 2.82. The van der Waals surface area contributed by atoms with Crippen molar-refractivity contribution in [1.29, 1.82) is 0 Å². The molecule has 0 bridgehead atoms. The minimum absolute atomic E-state index is 0.882. The molecule has 0 fully saturated rings. The molecule has 20 heavy (non-hydrogen) atoms. The number of allylic oxidation sites excluding steroid dienone is 4. The summed E-state index contributed by atoms with van der Waals surface area (Å²) in [4.78, 5) is 4.55. The highest BCUT2D eigenvalue weighted by Crippen LogP contribution is 2.22. The Hall–Kier alpha value is -0.770. The van der Waals surface area contributed by atoms with Crippen molar-refractivity contribution < 1.29 is 0 Å². The third-order valence-corrected chi connectivity index (χ3v) is 3.75. The van der Waals surface area contributed by atoms with E-state index in [9.17, 15) is 0 Å². The van der Waals surface area contributed by atoms with Crippen LogP contribution in [0.15, 0.2) is 34.5 Å². The van der Waals surface area contributed by atoms with Crippen LogP contribution in [0.2, 0.25) is 0 Å². The first-order chi connectivity index (χ1) is 9.58. The number of nitrogens with one attached hydrogen (secondary N) is 1. The van der Waals surface area contributed by atoms with Crippen molar-refractivity contribution in [2.75, 3.05) is 46.8 Å². The number of rotatable bonds is 8. The van der Waals surface area contributed by atoms with Gasteiger partial charge in [0.1, 0.15) is 0 Å². The molecule has 0 saturated heterocycles. The van der Waals surface area contributed by atoms with Gasteiger partial charge in [-0.05, 0) is 51.7 Å². The normalized spacial score (nSPS) is 15.6.